The lowest BCUT2D eigenvalue weighted by Gasteiger charge is -2.22. The van der Waals surface area contributed by atoms with Gasteiger partial charge in [-0.15, -0.1) is 0 Å². The van der Waals surface area contributed by atoms with Crippen LogP contribution in [0, 0.1) is 0 Å². The number of hydrogen-bond donors (Lipinski definition) is 6. The summed E-state index contributed by atoms with van der Waals surface area (Å²) < 4.78 is 7.18. The normalized spacial score (nSPS) is 26.4. The molecule has 0 aliphatic carbocycles. The molecule has 0 aromatic carbocycles. The number of fused-ring (bicyclic) bond motifs is 1. The lowest BCUT2D eigenvalue weighted by Crippen LogP contribution is -2.53. The van der Waals surface area contributed by atoms with Crippen molar-refractivity contribution in [3.63, 3.8) is 0 Å². The van der Waals surface area contributed by atoms with E-state index in [4.69, 9.17) is 16.2 Å². The van der Waals surface area contributed by atoms with Crippen LogP contribution in [0.25, 0.3) is 11.0 Å². The summed E-state index contributed by atoms with van der Waals surface area (Å²) in [6.07, 6.45) is 1.05. The van der Waals surface area contributed by atoms with Crippen LogP contribution in [0.15, 0.2) is 18.5 Å². The number of amides is 1. The van der Waals surface area contributed by atoms with Crippen molar-refractivity contribution in [1.29, 1.82) is 0 Å². The summed E-state index contributed by atoms with van der Waals surface area (Å²) in [6.45, 7) is 1.50. The highest BCUT2D eigenvalue weighted by atomic mass is 16.5. The number of nitrogens with one attached hydrogen (secondary N) is 1. The van der Waals surface area contributed by atoms with E-state index in [0.29, 0.717) is 23.1 Å². The van der Waals surface area contributed by atoms with Gasteiger partial charge in [-0.25, -0.2) is 4.98 Å². The second-order valence-corrected chi connectivity index (χ2v) is 6.69. The van der Waals surface area contributed by atoms with Gasteiger partial charge in [0.1, 0.15) is 23.6 Å². The number of carbonyl (C=O) groups excluding carboxylic acids is 1. The number of pyridine rings is 1. The lowest BCUT2D eigenvalue weighted by molar-refractivity contribution is -0.124. The third kappa shape index (κ3) is 3.44. The summed E-state index contributed by atoms with van der Waals surface area (Å²) in [5, 5.41) is 33.5. The molecule has 27 heavy (non-hydrogen) atoms. The van der Waals surface area contributed by atoms with Crippen LogP contribution in [-0.2, 0) is 9.53 Å². The molecule has 2 aromatic heterocycles. The molecule has 0 saturated carbocycles. The first-order valence-corrected chi connectivity index (χ1v) is 8.83. The van der Waals surface area contributed by atoms with Crippen molar-refractivity contribution in [2.75, 3.05) is 12.3 Å². The number of nitrogens with zero attached hydrogens (tertiary/aromatic N) is 2. The zero-order chi connectivity index (χ0) is 19.7. The van der Waals surface area contributed by atoms with Crippen molar-refractivity contribution >= 4 is 22.6 Å². The molecule has 2 unspecified atom stereocenters. The Hall–Kier alpha value is -2.40. The molecule has 3 rings (SSSR count). The fourth-order valence-corrected chi connectivity index (χ4v) is 3.39. The number of aliphatic hydroxyl groups is 2. The van der Waals surface area contributed by atoms with Crippen molar-refractivity contribution in [3.8, 4) is 5.75 Å². The maximum Gasteiger partial charge on any atom is 0.237 e. The van der Waals surface area contributed by atoms with E-state index in [1.165, 1.54) is 17.0 Å². The Balaban J connectivity index is 1.89. The molecule has 10 heteroatoms. The summed E-state index contributed by atoms with van der Waals surface area (Å²) in [7, 11) is 0. The van der Waals surface area contributed by atoms with Gasteiger partial charge in [-0.2, -0.15) is 0 Å². The van der Waals surface area contributed by atoms with Gasteiger partial charge in [-0.3, -0.25) is 9.36 Å². The predicted molar refractivity (Wildman–Crippen MR) is 97.6 cm³/mol. The van der Waals surface area contributed by atoms with Gasteiger partial charge in [-0.1, -0.05) is 13.3 Å². The smallest absolute Gasteiger partial charge is 0.237 e. The van der Waals surface area contributed by atoms with Crippen LogP contribution < -0.4 is 16.8 Å². The van der Waals surface area contributed by atoms with Crippen molar-refractivity contribution in [2.24, 2.45) is 5.73 Å². The number of ether oxygens (including phenoxy) is 1. The lowest BCUT2D eigenvalue weighted by atomic mass is 10.1. The molecule has 10 nitrogen and oxygen atoms in total. The molecule has 8 N–H and O–H groups in total. The molecule has 5 atom stereocenters. The van der Waals surface area contributed by atoms with Gasteiger partial charge in [0.25, 0.3) is 0 Å². The highest BCUT2D eigenvalue weighted by Gasteiger charge is 2.46. The minimum atomic E-state index is -1.20. The van der Waals surface area contributed by atoms with Crippen molar-refractivity contribution in [2.45, 2.75) is 50.3 Å². The molecule has 1 saturated heterocycles. The minimum absolute atomic E-state index is 0.107. The molecule has 0 radical (unpaired) electrons. The first kappa shape index (κ1) is 19.4. The maximum atomic E-state index is 12.2. The number of aromatic nitrogens is 2. The van der Waals surface area contributed by atoms with Crippen molar-refractivity contribution in [1.82, 2.24) is 14.9 Å². The van der Waals surface area contributed by atoms with E-state index >= 15 is 0 Å². The Morgan fingerprint density at radius 1 is 1.52 bits per heavy atom. The van der Waals surface area contributed by atoms with E-state index in [1.807, 2.05) is 6.92 Å². The standard InChI is InChI=1S/C17H25N5O5/c1-2-3-9(19)16(26)21-13-11(7-23)27-17(14(13)25)22-6-10(24)12-8(18)4-5-20-15(12)22/h4-6,9,11,13-14,17,23-25H,2-3,7,19H2,1H3,(H2,18,20)(H,21,26)/t9?,11-,13+,14?,17-/m1/s1. The van der Waals surface area contributed by atoms with E-state index < -0.39 is 43.0 Å². The minimum Gasteiger partial charge on any atom is -0.506 e. The Morgan fingerprint density at radius 2 is 2.26 bits per heavy atom. The summed E-state index contributed by atoms with van der Waals surface area (Å²) in [5.74, 6) is -0.532. The predicted octanol–water partition coefficient (Wildman–Crippen LogP) is -0.813. The number of rotatable bonds is 6. The number of nitrogen functional groups attached to an aromatic ring is 1. The molecule has 0 spiro atoms. The van der Waals surface area contributed by atoms with Crippen LogP contribution in [0.1, 0.15) is 26.0 Å². The molecule has 2 aromatic rings. The molecule has 1 fully saturated rings. The highest BCUT2D eigenvalue weighted by molar-refractivity contribution is 5.94. The number of carbonyl (C=O) groups is 1. The second kappa shape index (κ2) is 7.69. The molecule has 148 valence electrons. The number of hydrogen-bond acceptors (Lipinski definition) is 8. The average Bonchev–Trinajstić information content (AvgIpc) is 3.13. The molecule has 3 heterocycles. The summed E-state index contributed by atoms with van der Waals surface area (Å²) in [6, 6.07) is -0.0259. The van der Waals surface area contributed by atoms with Crippen molar-refractivity contribution < 1.29 is 24.9 Å². The Kier molecular flexibility index (Phi) is 5.51. The first-order chi connectivity index (χ1) is 12.9. The van der Waals surface area contributed by atoms with Gasteiger partial charge >= 0.3 is 0 Å². The SMILES string of the molecule is CCCC(N)C(=O)N[C@@H]1C(O)[C@H](n2cc(O)c3c(N)ccnc32)O[C@@H]1CO. The fraction of sp³-hybridized carbons (Fsp3) is 0.529. The molecule has 1 amide bonds. The van der Waals surface area contributed by atoms with Crippen LogP contribution in [0.3, 0.4) is 0 Å². The number of aliphatic hydroxyl groups excluding tert-OH is 2. The number of nitrogens with two attached hydrogens (primary N) is 2. The summed E-state index contributed by atoms with van der Waals surface area (Å²) >= 11 is 0. The third-order valence-electron chi connectivity index (χ3n) is 4.80. The largest absolute Gasteiger partial charge is 0.506 e. The van der Waals surface area contributed by atoms with Gasteiger partial charge in [0.05, 0.1) is 30.3 Å². The van der Waals surface area contributed by atoms with Crippen LogP contribution in [-0.4, -0.2) is 61.7 Å². The zero-order valence-electron chi connectivity index (χ0n) is 14.9. The Labute approximate surface area is 155 Å². The monoisotopic (exact) mass is 379 g/mol. The molecular formula is C17H25N5O5. The van der Waals surface area contributed by atoms with Gasteiger partial charge in [-0.05, 0) is 12.5 Å². The maximum absolute atomic E-state index is 12.2. The zero-order valence-corrected chi connectivity index (χ0v) is 14.9. The van der Waals surface area contributed by atoms with Gasteiger partial charge in [0, 0.05) is 11.9 Å². The Bertz CT molecular complexity index is 825. The quantitative estimate of drug-likeness (QED) is 0.378. The highest BCUT2D eigenvalue weighted by Crippen LogP contribution is 2.37. The van der Waals surface area contributed by atoms with Crippen LogP contribution in [0.4, 0.5) is 5.69 Å². The van der Waals surface area contributed by atoms with E-state index in [9.17, 15) is 20.1 Å². The first-order valence-electron chi connectivity index (χ1n) is 8.83. The molecular weight excluding hydrogens is 354 g/mol. The van der Waals surface area contributed by atoms with Crippen LogP contribution in [0.2, 0.25) is 0 Å². The number of aromatic hydroxyl groups is 1. The fourth-order valence-electron chi connectivity index (χ4n) is 3.39. The van der Waals surface area contributed by atoms with Crippen LogP contribution in [0.5, 0.6) is 5.75 Å². The average molecular weight is 379 g/mol. The van der Waals surface area contributed by atoms with Crippen LogP contribution >= 0.6 is 0 Å². The summed E-state index contributed by atoms with van der Waals surface area (Å²) in [4.78, 5) is 16.4. The van der Waals surface area contributed by atoms with E-state index in [2.05, 4.69) is 10.3 Å². The molecule has 1 aliphatic rings. The third-order valence-corrected chi connectivity index (χ3v) is 4.80. The molecule has 0 bridgehead atoms. The second-order valence-electron chi connectivity index (χ2n) is 6.69. The van der Waals surface area contributed by atoms with E-state index in [-0.39, 0.29) is 5.75 Å². The van der Waals surface area contributed by atoms with Gasteiger partial charge < -0.3 is 36.8 Å². The summed E-state index contributed by atoms with van der Waals surface area (Å²) in [5.41, 5.74) is 12.4. The number of anilines is 1. The topological polar surface area (TPSA) is 169 Å². The Morgan fingerprint density at radius 3 is 2.93 bits per heavy atom. The van der Waals surface area contributed by atoms with Gasteiger partial charge in [0.15, 0.2) is 6.23 Å². The van der Waals surface area contributed by atoms with Crippen molar-refractivity contribution in [3.05, 3.63) is 18.5 Å². The molecule has 1 aliphatic heterocycles. The van der Waals surface area contributed by atoms with E-state index in [1.54, 1.807) is 6.07 Å². The van der Waals surface area contributed by atoms with E-state index in [0.717, 1.165) is 6.42 Å². The van der Waals surface area contributed by atoms with Gasteiger partial charge in [0.2, 0.25) is 5.91 Å².